The molecule has 136 valence electrons. The molecule has 0 heterocycles. The Morgan fingerprint density at radius 2 is 1.74 bits per heavy atom. The second kappa shape index (κ2) is 7.99. The molecular formula is C10H13F5O7S. The van der Waals surface area contributed by atoms with Crippen molar-refractivity contribution in [1.29, 1.82) is 0 Å². The molecule has 0 saturated heterocycles. The van der Waals surface area contributed by atoms with Crippen molar-refractivity contribution < 1.29 is 53.9 Å². The van der Waals surface area contributed by atoms with Crippen LogP contribution in [0.15, 0.2) is 12.2 Å². The van der Waals surface area contributed by atoms with E-state index in [1.165, 1.54) is 6.92 Å². The lowest BCUT2D eigenvalue weighted by atomic mass is 10.3. The molecule has 1 N–H and O–H groups in total. The highest BCUT2D eigenvalue weighted by Crippen LogP contribution is 2.37. The van der Waals surface area contributed by atoms with Crippen molar-refractivity contribution in [1.82, 2.24) is 0 Å². The summed E-state index contributed by atoms with van der Waals surface area (Å²) in [4.78, 5) is 10.9. The van der Waals surface area contributed by atoms with Crippen LogP contribution in [0.3, 0.4) is 0 Å². The van der Waals surface area contributed by atoms with Crippen molar-refractivity contribution in [3.05, 3.63) is 12.2 Å². The Hall–Kier alpha value is -1.31. The molecule has 0 aliphatic heterocycles. The lowest BCUT2D eigenvalue weighted by molar-refractivity contribution is -0.283. The summed E-state index contributed by atoms with van der Waals surface area (Å²) in [6, 6.07) is 0. The zero-order valence-electron chi connectivity index (χ0n) is 11.6. The molecule has 0 saturated carbocycles. The van der Waals surface area contributed by atoms with Gasteiger partial charge in [-0.05, 0) is 6.92 Å². The maximum Gasteiger partial charge on any atom is 0.421 e. The van der Waals surface area contributed by atoms with E-state index in [9.17, 15) is 35.2 Å². The molecule has 23 heavy (non-hydrogen) atoms. The van der Waals surface area contributed by atoms with Crippen molar-refractivity contribution in [3.8, 4) is 0 Å². The second-order valence-electron chi connectivity index (χ2n) is 4.07. The van der Waals surface area contributed by atoms with E-state index in [2.05, 4.69) is 20.8 Å². The van der Waals surface area contributed by atoms with Gasteiger partial charge in [0.15, 0.2) is 0 Å². The molecule has 1 atom stereocenters. The largest absolute Gasteiger partial charge is 0.460 e. The monoisotopic (exact) mass is 372 g/mol. The molecule has 0 amide bonds. The smallest absolute Gasteiger partial charge is 0.421 e. The Balaban J connectivity index is 4.52. The molecular weight excluding hydrogens is 359 g/mol. The van der Waals surface area contributed by atoms with Crippen LogP contribution in [-0.2, 0) is 29.1 Å². The van der Waals surface area contributed by atoms with Crippen LogP contribution in [0.5, 0.6) is 0 Å². The van der Waals surface area contributed by atoms with Crippen LogP contribution in [0.1, 0.15) is 6.92 Å². The number of halogens is 5. The molecule has 13 heteroatoms. The Morgan fingerprint density at radius 1 is 1.22 bits per heavy atom. The van der Waals surface area contributed by atoms with Crippen LogP contribution in [0.25, 0.3) is 0 Å². The zero-order valence-corrected chi connectivity index (χ0v) is 12.4. The average Bonchev–Trinajstić information content (AvgIpc) is 2.33. The molecule has 0 spiro atoms. The first-order chi connectivity index (χ1) is 10.2. The number of esters is 1. The van der Waals surface area contributed by atoms with Crippen LogP contribution in [0.4, 0.5) is 22.0 Å². The average molecular weight is 372 g/mol. The van der Waals surface area contributed by atoms with Gasteiger partial charge in [0.05, 0.1) is 6.61 Å². The molecule has 0 radical (unpaired) electrons. The minimum atomic E-state index is -6.37. The first-order valence-electron chi connectivity index (χ1n) is 5.64. The number of carbonyl (C=O) groups excluding carboxylic acids is 1. The first kappa shape index (κ1) is 21.7. The van der Waals surface area contributed by atoms with E-state index < -0.39 is 53.6 Å². The predicted octanol–water partition coefficient (Wildman–Crippen LogP) is 1.51. The maximum atomic E-state index is 13.0. The standard InChI is InChI=1S/C10H13F5O7S/c1-6(2)7(16)21-4-3-20-5-22-8(9(11,12)13)10(14,15)23(17,18)19/h8H,1,3-5H2,2H3,(H,17,18,19). The zero-order chi connectivity index (χ0) is 18.5. The van der Waals surface area contributed by atoms with Crippen molar-refractivity contribution >= 4 is 16.1 Å². The van der Waals surface area contributed by atoms with Gasteiger partial charge in [-0.3, -0.25) is 4.55 Å². The molecule has 0 bridgehead atoms. The summed E-state index contributed by atoms with van der Waals surface area (Å²) in [6.45, 7) is 2.24. The van der Waals surface area contributed by atoms with Gasteiger partial charge in [-0.25, -0.2) is 4.79 Å². The van der Waals surface area contributed by atoms with Crippen molar-refractivity contribution in [2.75, 3.05) is 20.0 Å². The summed E-state index contributed by atoms with van der Waals surface area (Å²) in [5, 5.41) is -5.62. The van der Waals surface area contributed by atoms with E-state index in [4.69, 9.17) is 4.55 Å². The first-order valence-corrected chi connectivity index (χ1v) is 7.08. The minimum absolute atomic E-state index is 0.0474. The van der Waals surface area contributed by atoms with Crippen LogP contribution in [0.2, 0.25) is 0 Å². The topological polar surface area (TPSA) is 99.1 Å². The molecule has 0 fully saturated rings. The van der Waals surface area contributed by atoms with Gasteiger partial charge in [0.1, 0.15) is 13.4 Å². The Kier molecular flexibility index (Phi) is 7.53. The van der Waals surface area contributed by atoms with Gasteiger partial charge in [-0.15, -0.1) is 0 Å². The molecule has 0 aliphatic rings. The van der Waals surface area contributed by atoms with Gasteiger partial charge in [-0.2, -0.15) is 30.4 Å². The fourth-order valence-electron chi connectivity index (χ4n) is 1.01. The lowest BCUT2D eigenvalue weighted by Gasteiger charge is -2.26. The third-order valence-electron chi connectivity index (χ3n) is 2.07. The highest BCUT2D eigenvalue weighted by molar-refractivity contribution is 7.86. The van der Waals surface area contributed by atoms with E-state index in [0.29, 0.717) is 0 Å². The number of ether oxygens (including phenoxy) is 3. The fraction of sp³-hybridized carbons (Fsp3) is 0.700. The Labute approximate surface area is 127 Å². The summed E-state index contributed by atoms with van der Waals surface area (Å²) in [5.74, 6) is -0.805. The summed E-state index contributed by atoms with van der Waals surface area (Å²) >= 11 is 0. The van der Waals surface area contributed by atoms with E-state index in [-0.39, 0.29) is 5.57 Å². The summed E-state index contributed by atoms with van der Waals surface area (Å²) in [5.41, 5.74) is 0.0474. The van der Waals surface area contributed by atoms with E-state index in [1.807, 2.05) is 0 Å². The lowest BCUT2D eigenvalue weighted by Crippen LogP contribution is -2.51. The molecule has 0 rings (SSSR count). The number of carbonyl (C=O) groups is 1. The highest BCUT2D eigenvalue weighted by Gasteiger charge is 2.64. The Morgan fingerprint density at radius 3 is 2.13 bits per heavy atom. The Bertz CT molecular complexity index is 528. The van der Waals surface area contributed by atoms with Crippen molar-refractivity contribution in [3.63, 3.8) is 0 Å². The third-order valence-corrected chi connectivity index (χ3v) is 2.98. The molecule has 0 aliphatic carbocycles. The van der Waals surface area contributed by atoms with Crippen molar-refractivity contribution in [2.45, 2.75) is 24.5 Å². The number of hydrogen-bond donors (Lipinski definition) is 1. The van der Waals surface area contributed by atoms with E-state index in [0.717, 1.165) is 0 Å². The van der Waals surface area contributed by atoms with Gasteiger partial charge < -0.3 is 14.2 Å². The van der Waals surface area contributed by atoms with Gasteiger partial charge in [0, 0.05) is 5.57 Å². The number of rotatable bonds is 9. The molecule has 0 aromatic rings. The highest BCUT2D eigenvalue weighted by atomic mass is 32.2. The third kappa shape index (κ3) is 6.76. The molecule has 0 aromatic heterocycles. The summed E-state index contributed by atoms with van der Waals surface area (Å²) < 4.78 is 105. The summed E-state index contributed by atoms with van der Waals surface area (Å²) in [6.07, 6.45) is -9.93. The maximum absolute atomic E-state index is 13.0. The van der Waals surface area contributed by atoms with Gasteiger partial charge in [0.2, 0.25) is 6.10 Å². The fourth-order valence-corrected chi connectivity index (χ4v) is 1.48. The van der Waals surface area contributed by atoms with Crippen molar-refractivity contribution in [2.24, 2.45) is 0 Å². The second-order valence-corrected chi connectivity index (χ2v) is 5.56. The SMILES string of the molecule is C=C(C)C(=O)OCCOCOC(C(F)(F)F)C(F)(F)S(=O)(=O)O. The van der Waals surface area contributed by atoms with Crippen LogP contribution >= 0.6 is 0 Å². The van der Waals surface area contributed by atoms with Gasteiger partial charge in [-0.1, -0.05) is 6.58 Å². The van der Waals surface area contributed by atoms with Gasteiger partial charge >= 0.3 is 27.5 Å². The quantitative estimate of drug-likeness (QED) is 0.164. The molecule has 7 nitrogen and oxygen atoms in total. The molecule has 0 aromatic carbocycles. The van der Waals surface area contributed by atoms with Crippen LogP contribution in [-0.4, -0.2) is 56.5 Å². The predicted molar refractivity (Wildman–Crippen MR) is 64.0 cm³/mol. The normalized spacial score (nSPS) is 14.4. The summed E-state index contributed by atoms with van der Waals surface area (Å²) in [7, 11) is -6.37. The number of alkyl halides is 5. The van der Waals surface area contributed by atoms with E-state index in [1.54, 1.807) is 0 Å². The van der Waals surface area contributed by atoms with Gasteiger partial charge in [0.25, 0.3) is 0 Å². The number of hydrogen-bond acceptors (Lipinski definition) is 6. The minimum Gasteiger partial charge on any atom is -0.460 e. The van der Waals surface area contributed by atoms with Crippen LogP contribution in [0, 0.1) is 0 Å². The molecule has 1 unspecified atom stereocenters. The van der Waals surface area contributed by atoms with Crippen LogP contribution < -0.4 is 0 Å². The van der Waals surface area contributed by atoms with E-state index >= 15 is 0 Å².